The SMILES string of the molecule is CC(=O)C1CN(C(C)C)c2ccc(O)cc21. The monoisotopic (exact) mass is 219 g/mol. The number of benzene rings is 1. The van der Waals surface area contributed by atoms with Crippen LogP contribution in [0.3, 0.4) is 0 Å². The van der Waals surface area contributed by atoms with Gasteiger partial charge in [-0.3, -0.25) is 4.79 Å². The lowest BCUT2D eigenvalue weighted by Crippen LogP contribution is -2.30. The Hall–Kier alpha value is -1.51. The van der Waals surface area contributed by atoms with Crippen LogP contribution in [0.1, 0.15) is 32.3 Å². The predicted molar refractivity (Wildman–Crippen MR) is 64.0 cm³/mol. The molecule has 0 radical (unpaired) electrons. The summed E-state index contributed by atoms with van der Waals surface area (Å²) in [5, 5.41) is 9.49. The van der Waals surface area contributed by atoms with Crippen molar-refractivity contribution < 1.29 is 9.90 Å². The third-order valence-corrected chi connectivity index (χ3v) is 3.19. The van der Waals surface area contributed by atoms with Crippen LogP contribution in [0.5, 0.6) is 5.75 Å². The van der Waals surface area contributed by atoms with Gasteiger partial charge >= 0.3 is 0 Å². The van der Waals surface area contributed by atoms with E-state index in [0.29, 0.717) is 6.04 Å². The molecule has 0 bridgehead atoms. The molecule has 3 heteroatoms. The first-order valence-electron chi connectivity index (χ1n) is 5.60. The molecular formula is C13H17NO2. The summed E-state index contributed by atoms with van der Waals surface area (Å²) in [5.74, 6) is 0.301. The zero-order valence-electron chi connectivity index (χ0n) is 9.90. The summed E-state index contributed by atoms with van der Waals surface area (Å²) in [6, 6.07) is 5.65. The smallest absolute Gasteiger partial charge is 0.139 e. The first kappa shape index (κ1) is 11.0. The molecule has 1 aromatic carbocycles. The highest BCUT2D eigenvalue weighted by atomic mass is 16.3. The summed E-state index contributed by atoms with van der Waals surface area (Å²) in [7, 11) is 0. The Balaban J connectivity index is 2.48. The summed E-state index contributed by atoms with van der Waals surface area (Å²) >= 11 is 0. The topological polar surface area (TPSA) is 40.5 Å². The minimum absolute atomic E-state index is 0.0931. The van der Waals surface area contributed by atoms with Gasteiger partial charge in [0, 0.05) is 18.3 Å². The molecule has 0 saturated carbocycles. The number of aromatic hydroxyl groups is 1. The zero-order valence-corrected chi connectivity index (χ0v) is 9.90. The fourth-order valence-electron chi connectivity index (χ4n) is 2.31. The number of phenols is 1. The number of ketones is 1. The van der Waals surface area contributed by atoms with Crippen LogP contribution >= 0.6 is 0 Å². The second-order valence-corrected chi connectivity index (χ2v) is 4.65. The second-order valence-electron chi connectivity index (χ2n) is 4.65. The highest BCUT2D eigenvalue weighted by Gasteiger charge is 2.32. The summed E-state index contributed by atoms with van der Waals surface area (Å²) in [4.78, 5) is 13.8. The van der Waals surface area contributed by atoms with Gasteiger partial charge < -0.3 is 10.0 Å². The average molecular weight is 219 g/mol. The van der Waals surface area contributed by atoms with Crippen molar-refractivity contribution in [2.45, 2.75) is 32.7 Å². The highest BCUT2D eigenvalue weighted by Crippen LogP contribution is 2.39. The molecule has 0 spiro atoms. The molecule has 0 amide bonds. The number of phenolic OH excluding ortho intramolecular Hbond substituents is 1. The van der Waals surface area contributed by atoms with Crippen molar-refractivity contribution in [3.63, 3.8) is 0 Å². The number of anilines is 1. The molecule has 0 saturated heterocycles. The van der Waals surface area contributed by atoms with E-state index in [2.05, 4.69) is 18.7 Å². The molecule has 0 fully saturated rings. The number of nitrogens with zero attached hydrogens (tertiary/aromatic N) is 1. The third-order valence-electron chi connectivity index (χ3n) is 3.19. The molecule has 1 aliphatic heterocycles. The third kappa shape index (κ3) is 1.66. The van der Waals surface area contributed by atoms with Gasteiger partial charge in [-0.25, -0.2) is 0 Å². The maximum Gasteiger partial charge on any atom is 0.139 e. The van der Waals surface area contributed by atoms with Gasteiger partial charge in [0.2, 0.25) is 0 Å². The van der Waals surface area contributed by atoms with E-state index in [1.165, 1.54) is 0 Å². The largest absolute Gasteiger partial charge is 0.508 e. The lowest BCUT2D eigenvalue weighted by molar-refractivity contribution is -0.118. The molecule has 1 atom stereocenters. The van der Waals surface area contributed by atoms with E-state index in [0.717, 1.165) is 17.8 Å². The van der Waals surface area contributed by atoms with Crippen LogP contribution in [0.15, 0.2) is 18.2 Å². The molecule has 1 aliphatic rings. The van der Waals surface area contributed by atoms with E-state index < -0.39 is 0 Å². The maximum absolute atomic E-state index is 11.6. The molecule has 16 heavy (non-hydrogen) atoms. The molecule has 2 rings (SSSR count). The molecule has 1 aromatic rings. The maximum atomic E-state index is 11.6. The molecule has 0 aromatic heterocycles. The summed E-state index contributed by atoms with van der Waals surface area (Å²) in [6.07, 6.45) is 0. The Morgan fingerprint density at radius 1 is 1.50 bits per heavy atom. The number of carbonyl (C=O) groups is 1. The van der Waals surface area contributed by atoms with Crippen LogP contribution in [-0.4, -0.2) is 23.5 Å². The predicted octanol–water partition coefficient (Wildman–Crippen LogP) is 2.29. The average Bonchev–Trinajstić information content (AvgIpc) is 2.56. The van der Waals surface area contributed by atoms with E-state index >= 15 is 0 Å². The van der Waals surface area contributed by atoms with Gasteiger partial charge in [0.15, 0.2) is 0 Å². The molecule has 1 heterocycles. The number of hydrogen-bond donors (Lipinski definition) is 1. The van der Waals surface area contributed by atoms with Crippen molar-refractivity contribution in [2.75, 3.05) is 11.4 Å². The number of hydrogen-bond acceptors (Lipinski definition) is 3. The Bertz CT molecular complexity index is 426. The van der Waals surface area contributed by atoms with Crippen molar-refractivity contribution >= 4 is 11.5 Å². The van der Waals surface area contributed by atoms with E-state index in [-0.39, 0.29) is 17.5 Å². The van der Waals surface area contributed by atoms with E-state index in [1.807, 2.05) is 6.07 Å². The van der Waals surface area contributed by atoms with Gasteiger partial charge in [-0.1, -0.05) is 0 Å². The molecular weight excluding hydrogens is 202 g/mol. The minimum atomic E-state index is -0.0931. The normalized spacial score (nSPS) is 19.0. The first-order chi connectivity index (χ1) is 7.50. The van der Waals surface area contributed by atoms with Gasteiger partial charge in [-0.2, -0.15) is 0 Å². The minimum Gasteiger partial charge on any atom is -0.508 e. The van der Waals surface area contributed by atoms with Gasteiger partial charge in [0.05, 0.1) is 5.92 Å². The Morgan fingerprint density at radius 3 is 2.75 bits per heavy atom. The van der Waals surface area contributed by atoms with Gasteiger partial charge in [-0.05, 0) is 44.5 Å². The van der Waals surface area contributed by atoms with E-state index in [1.54, 1.807) is 19.1 Å². The summed E-state index contributed by atoms with van der Waals surface area (Å²) < 4.78 is 0. The van der Waals surface area contributed by atoms with Crippen molar-refractivity contribution in [2.24, 2.45) is 0 Å². The Labute approximate surface area is 95.7 Å². The van der Waals surface area contributed by atoms with Crippen molar-refractivity contribution in [1.82, 2.24) is 0 Å². The Kier molecular flexibility index (Phi) is 2.62. The highest BCUT2D eigenvalue weighted by molar-refractivity contribution is 5.88. The fraction of sp³-hybridized carbons (Fsp3) is 0.462. The fourth-order valence-corrected chi connectivity index (χ4v) is 2.31. The molecule has 0 aliphatic carbocycles. The van der Waals surface area contributed by atoms with Gasteiger partial charge in [0.25, 0.3) is 0 Å². The molecule has 1 unspecified atom stereocenters. The number of fused-ring (bicyclic) bond motifs is 1. The van der Waals surface area contributed by atoms with Crippen LogP contribution in [0.4, 0.5) is 5.69 Å². The van der Waals surface area contributed by atoms with E-state index in [4.69, 9.17) is 0 Å². The molecule has 86 valence electrons. The van der Waals surface area contributed by atoms with Crippen molar-refractivity contribution in [3.8, 4) is 5.75 Å². The zero-order chi connectivity index (χ0) is 11.9. The van der Waals surface area contributed by atoms with Crippen molar-refractivity contribution in [1.29, 1.82) is 0 Å². The number of rotatable bonds is 2. The first-order valence-corrected chi connectivity index (χ1v) is 5.60. The van der Waals surface area contributed by atoms with Crippen LogP contribution in [0.2, 0.25) is 0 Å². The van der Waals surface area contributed by atoms with Crippen molar-refractivity contribution in [3.05, 3.63) is 23.8 Å². The van der Waals surface area contributed by atoms with Crippen LogP contribution in [0.25, 0.3) is 0 Å². The standard InChI is InChI=1S/C13H17NO2/c1-8(2)14-7-12(9(3)15)11-6-10(16)4-5-13(11)14/h4-6,8,12,16H,7H2,1-3H3. The van der Waals surface area contributed by atoms with Crippen LogP contribution in [-0.2, 0) is 4.79 Å². The summed E-state index contributed by atoms with van der Waals surface area (Å²) in [5.41, 5.74) is 2.04. The lowest BCUT2D eigenvalue weighted by atomic mass is 9.98. The number of carbonyl (C=O) groups excluding carboxylic acids is 1. The lowest BCUT2D eigenvalue weighted by Gasteiger charge is -2.24. The van der Waals surface area contributed by atoms with E-state index in [9.17, 15) is 9.90 Å². The molecule has 1 N–H and O–H groups in total. The summed E-state index contributed by atoms with van der Waals surface area (Å²) in [6.45, 7) is 6.56. The molecule has 3 nitrogen and oxygen atoms in total. The quantitative estimate of drug-likeness (QED) is 0.829. The Morgan fingerprint density at radius 2 is 2.19 bits per heavy atom. The van der Waals surface area contributed by atoms with Crippen LogP contribution < -0.4 is 4.90 Å². The van der Waals surface area contributed by atoms with Crippen LogP contribution in [0, 0.1) is 0 Å². The van der Waals surface area contributed by atoms with Gasteiger partial charge in [-0.15, -0.1) is 0 Å². The number of Topliss-reactive ketones (excluding diaryl/α,β-unsaturated/α-hetero) is 1. The van der Waals surface area contributed by atoms with Gasteiger partial charge in [0.1, 0.15) is 11.5 Å². The second kappa shape index (κ2) is 3.81.